The lowest BCUT2D eigenvalue weighted by Gasteiger charge is -2.16. The normalized spacial score (nSPS) is 10.6. The molecule has 0 saturated carbocycles. The number of nitrogens with one attached hydrogen (secondary N) is 1. The molecule has 0 radical (unpaired) electrons. The zero-order valence-corrected chi connectivity index (χ0v) is 17.1. The number of halogens is 1. The summed E-state index contributed by atoms with van der Waals surface area (Å²) >= 11 is 5.92. The van der Waals surface area contributed by atoms with Crippen LogP contribution in [0.3, 0.4) is 0 Å². The highest BCUT2D eigenvalue weighted by Gasteiger charge is 2.17. The van der Waals surface area contributed by atoms with E-state index in [1.807, 2.05) is 39.0 Å². The molecule has 1 amide bonds. The molecule has 0 saturated heterocycles. The molecule has 0 fully saturated rings. The van der Waals surface area contributed by atoms with E-state index >= 15 is 0 Å². The number of phenolic OH excluding ortho intramolecular Hbond substituents is 1. The van der Waals surface area contributed by atoms with Gasteiger partial charge in [0.05, 0.1) is 17.2 Å². The highest BCUT2D eigenvalue weighted by molar-refractivity contribution is 6.32. The first kappa shape index (κ1) is 21.6. The van der Waals surface area contributed by atoms with Crippen LogP contribution < -0.4 is 10.1 Å². The highest BCUT2D eigenvalue weighted by atomic mass is 35.5. The molecule has 2 N–H and O–H groups in total. The van der Waals surface area contributed by atoms with Crippen molar-refractivity contribution < 1.29 is 24.2 Å². The monoisotopic (exact) mass is 405 g/mol. The lowest BCUT2D eigenvalue weighted by Crippen LogP contribution is -2.22. The van der Waals surface area contributed by atoms with Gasteiger partial charge in [-0.05, 0) is 43.0 Å². The lowest BCUT2D eigenvalue weighted by molar-refractivity contribution is -0.119. The summed E-state index contributed by atoms with van der Waals surface area (Å²) in [4.78, 5) is 24.6. The number of anilines is 1. The van der Waals surface area contributed by atoms with Crippen molar-refractivity contribution in [2.75, 3.05) is 18.5 Å². The predicted molar refractivity (Wildman–Crippen MR) is 108 cm³/mol. The van der Waals surface area contributed by atoms with Crippen LogP contribution in [0.4, 0.5) is 5.69 Å². The number of hydrogen-bond donors (Lipinski definition) is 2. The Bertz CT molecular complexity index is 879. The average Bonchev–Trinajstić information content (AvgIpc) is 2.64. The van der Waals surface area contributed by atoms with Crippen LogP contribution in [-0.2, 0) is 9.53 Å². The number of aryl methyl sites for hydroxylation is 1. The molecule has 0 atom stereocenters. The van der Waals surface area contributed by atoms with E-state index in [1.54, 1.807) is 6.92 Å². The minimum atomic E-state index is -0.744. The largest absolute Gasteiger partial charge is 0.503 e. The number of aromatic hydroxyl groups is 1. The number of rotatable bonds is 7. The van der Waals surface area contributed by atoms with Crippen molar-refractivity contribution in [1.82, 2.24) is 0 Å². The lowest BCUT2D eigenvalue weighted by atomic mass is 9.98. The van der Waals surface area contributed by atoms with Crippen molar-refractivity contribution in [3.05, 3.63) is 52.0 Å². The SMILES string of the molecule is CCOc1cc(C(=O)OCC(=O)Nc2c(C)cccc2C(C)C)cc(Cl)c1O. The van der Waals surface area contributed by atoms with E-state index in [4.69, 9.17) is 21.1 Å². The molecule has 0 aliphatic carbocycles. The van der Waals surface area contributed by atoms with Crippen LogP contribution >= 0.6 is 11.6 Å². The fourth-order valence-corrected chi connectivity index (χ4v) is 2.90. The molecule has 0 heterocycles. The van der Waals surface area contributed by atoms with Gasteiger partial charge in [0, 0.05) is 5.69 Å². The number of amides is 1. The Morgan fingerprint density at radius 3 is 2.61 bits per heavy atom. The van der Waals surface area contributed by atoms with Gasteiger partial charge in [-0.3, -0.25) is 4.79 Å². The molecular formula is C21H24ClNO5. The van der Waals surface area contributed by atoms with Gasteiger partial charge in [0.2, 0.25) is 0 Å². The molecule has 0 aromatic heterocycles. The van der Waals surface area contributed by atoms with Gasteiger partial charge in [0.25, 0.3) is 5.91 Å². The molecular weight excluding hydrogens is 382 g/mol. The van der Waals surface area contributed by atoms with Gasteiger partial charge in [-0.15, -0.1) is 0 Å². The number of phenols is 1. The Morgan fingerprint density at radius 2 is 1.96 bits per heavy atom. The molecule has 150 valence electrons. The number of para-hydroxylation sites is 1. The summed E-state index contributed by atoms with van der Waals surface area (Å²) < 4.78 is 10.3. The van der Waals surface area contributed by atoms with Gasteiger partial charge >= 0.3 is 5.97 Å². The molecule has 7 heteroatoms. The molecule has 0 aliphatic rings. The van der Waals surface area contributed by atoms with Crippen molar-refractivity contribution in [3.8, 4) is 11.5 Å². The smallest absolute Gasteiger partial charge is 0.338 e. The standard InChI is InChI=1S/C21H24ClNO5/c1-5-27-17-10-14(9-16(22)20(17)25)21(26)28-11-18(24)23-19-13(4)7-6-8-15(19)12(2)3/h6-10,12,25H,5,11H2,1-4H3,(H,23,24). The van der Waals surface area contributed by atoms with Crippen molar-refractivity contribution >= 4 is 29.2 Å². The van der Waals surface area contributed by atoms with Gasteiger partial charge in [-0.1, -0.05) is 43.6 Å². The average molecular weight is 406 g/mol. The van der Waals surface area contributed by atoms with E-state index < -0.39 is 18.5 Å². The summed E-state index contributed by atoms with van der Waals surface area (Å²) in [5.41, 5.74) is 2.74. The van der Waals surface area contributed by atoms with Crippen LogP contribution in [-0.4, -0.2) is 30.2 Å². The Kier molecular flexibility index (Phi) is 7.29. The molecule has 0 bridgehead atoms. The third-order valence-electron chi connectivity index (χ3n) is 4.09. The van der Waals surface area contributed by atoms with Gasteiger partial charge in [-0.2, -0.15) is 0 Å². The Hall–Kier alpha value is -2.73. The molecule has 28 heavy (non-hydrogen) atoms. The summed E-state index contributed by atoms with van der Waals surface area (Å²) in [5.74, 6) is -1.13. The molecule has 2 rings (SSSR count). The van der Waals surface area contributed by atoms with E-state index in [2.05, 4.69) is 5.32 Å². The molecule has 2 aromatic rings. The maximum atomic E-state index is 12.3. The first-order chi connectivity index (χ1) is 13.2. The summed E-state index contributed by atoms with van der Waals surface area (Å²) in [7, 11) is 0. The highest BCUT2D eigenvalue weighted by Crippen LogP contribution is 2.35. The number of carbonyl (C=O) groups is 2. The second-order valence-electron chi connectivity index (χ2n) is 6.56. The Labute approximate surface area is 169 Å². The van der Waals surface area contributed by atoms with E-state index in [0.717, 1.165) is 16.8 Å². The Balaban J connectivity index is 2.07. The molecule has 0 aliphatic heterocycles. The van der Waals surface area contributed by atoms with Crippen LogP contribution in [0.1, 0.15) is 48.2 Å². The number of carbonyl (C=O) groups excluding carboxylic acids is 2. The fraction of sp³-hybridized carbons (Fsp3) is 0.333. The summed E-state index contributed by atoms with van der Waals surface area (Å²) in [6.07, 6.45) is 0. The van der Waals surface area contributed by atoms with Crippen molar-refractivity contribution in [1.29, 1.82) is 0 Å². The van der Waals surface area contributed by atoms with Crippen LogP contribution in [0.2, 0.25) is 5.02 Å². The minimum Gasteiger partial charge on any atom is -0.503 e. The predicted octanol–water partition coefficient (Wildman–Crippen LogP) is 4.67. The number of esters is 1. The van der Waals surface area contributed by atoms with Crippen LogP contribution in [0.15, 0.2) is 30.3 Å². The summed E-state index contributed by atoms with van der Waals surface area (Å²) in [6.45, 7) is 7.55. The summed E-state index contributed by atoms with van der Waals surface area (Å²) in [5, 5.41) is 12.6. The van der Waals surface area contributed by atoms with Gasteiger partial charge in [0.1, 0.15) is 0 Å². The van der Waals surface area contributed by atoms with E-state index in [9.17, 15) is 14.7 Å². The third-order valence-corrected chi connectivity index (χ3v) is 4.38. The maximum Gasteiger partial charge on any atom is 0.338 e. The van der Waals surface area contributed by atoms with Crippen molar-refractivity contribution in [3.63, 3.8) is 0 Å². The van der Waals surface area contributed by atoms with Crippen LogP contribution in [0, 0.1) is 6.92 Å². The van der Waals surface area contributed by atoms with Gasteiger partial charge in [0.15, 0.2) is 18.1 Å². The van der Waals surface area contributed by atoms with Crippen LogP contribution in [0.5, 0.6) is 11.5 Å². The van der Waals surface area contributed by atoms with Crippen molar-refractivity contribution in [2.45, 2.75) is 33.6 Å². The van der Waals surface area contributed by atoms with Crippen molar-refractivity contribution in [2.24, 2.45) is 0 Å². The van der Waals surface area contributed by atoms with Gasteiger partial charge in [-0.25, -0.2) is 4.79 Å². The molecule has 2 aromatic carbocycles. The van der Waals surface area contributed by atoms with E-state index in [1.165, 1.54) is 12.1 Å². The van der Waals surface area contributed by atoms with E-state index in [0.29, 0.717) is 6.61 Å². The molecule has 0 unspecified atom stereocenters. The number of ether oxygens (including phenoxy) is 2. The molecule has 0 spiro atoms. The zero-order chi connectivity index (χ0) is 20.8. The maximum absolute atomic E-state index is 12.3. The Morgan fingerprint density at radius 1 is 1.25 bits per heavy atom. The topological polar surface area (TPSA) is 84.9 Å². The zero-order valence-electron chi connectivity index (χ0n) is 16.3. The number of hydrogen-bond acceptors (Lipinski definition) is 5. The fourth-order valence-electron chi connectivity index (χ4n) is 2.69. The quantitative estimate of drug-likeness (QED) is 0.654. The van der Waals surface area contributed by atoms with E-state index in [-0.39, 0.29) is 28.0 Å². The van der Waals surface area contributed by atoms with Crippen LogP contribution in [0.25, 0.3) is 0 Å². The second kappa shape index (κ2) is 9.46. The minimum absolute atomic E-state index is 0.0381. The summed E-state index contributed by atoms with van der Waals surface area (Å²) in [6, 6.07) is 8.38. The first-order valence-corrected chi connectivity index (χ1v) is 9.34. The number of benzene rings is 2. The first-order valence-electron chi connectivity index (χ1n) is 8.96. The van der Waals surface area contributed by atoms with Gasteiger partial charge < -0.3 is 19.9 Å². The second-order valence-corrected chi connectivity index (χ2v) is 6.96. The third kappa shape index (κ3) is 5.16. The molecule has 6 nitrogen and oxygen atoms in total.